The highest BCUT2D eigenvalue weighted by atomic mass is 16.8. The van der Waals surface area contributed by atoms with Crippen molar-refractivity contribution < 1.29 is 28.7 Å². The number of nitro groups is 1. The summed E-state index contributed by atoms with van der Waals surface area (Å²) in [7, 11) is 0. The molecule has 0 aliphatic heterocycles. The summed E-state index contributed by atoms with van der Waals surface area (Å²) < 4.78 is 13.7. The average molecular weight is 267 g/mol. The Morgan fingerprint density at radius 3 is 2.47 bits per heavy atom. The van der Waals surface area contributed by atoms with Gasteiger partial charge in [0, 0.05) is 12.1 Å². The number of carbonyl (C=O) groups is 2. The van der Waals surface area contributed by atoms with E-state index in [2.05, 4.69) is 20.8 Å². The first kappa shape index (κ1) is 14.2. The SMILES string of the molecule is C=C(C=O)OCOC(=O)Oc1ccc([N+](=O)[O-])cc1. The van der Waals surface area contributed by atoms with Crippen LogP contribution in [0, 0.1) is 10.1 Å². The fraction of sp³-hybridized carbons (Fsp3) is 0.0909. The van der Waals surface area contributed by atoms with E-state index in [9.17, 15) is 19.7 Å². The second-order valence-corrected chi connectivity index (χ2v) is 3.09. The van der Waals surface area contributed by atoms with Gasteiger partial charge in [-0.3, -0.25) is 14.9 Å². The van der Waals surface area contributed by atoms with Crippen LogP contribution in [0.5, 0.6) is 5.75 Å². The Balaban J connectivity index is 2.42. The Morgan fingerprint density at radius 2 is 1.95 bits per heavy atom. The highest BCUT2D eigenvalue weighted by Crippen LogP contribution is 2.17. The molecule has 1 rings (SSSR count). The van der Waals surface area contributed by atoms with Crippen molar-refractivity contribution in [3.8, 4) is 5.75 Å². The van der Waals surface area contributed by atoms with E-state index < -0.39 is 17.9 Å². The molecule has 0 saturated heterocycles. The molecule has 0 spiro atoms. The van der Waals surface area contributed by atoms with E-state index in [4.69, 9.17) is 0 Å². The molecular formula is C11H9NO7. The van der Waals surface area contributed by atoms with Crippen LogP contribution in [0.1, 0.15) is 0 Å². The number of rotatable bonds is 6. The summed E-state index contributed by atoms with van der Waals surface area (Å²) >= 11 is 0. The molecule has 0 N–H and O–H groups in total. The fourth-order valence-electron chi connectivity index (χ4n) is 0.949. The van der Waals surface area contributed by atoms with Crippen LogP contribution >= 0.6 is 0 Å². The quantitative estimate of drug-likeness (QED) is 0.113. The maximum absolute atomic E-state index is 11.1. The molecule has 8 nitrogen and oxygen atoms in total. The molecule has 0 bridgehead atoms. The van der Waals surface area contributed by atoms with Gasteiger partial charge in [-0.05, 0) is 12.1 Å². The molecule has 0 amide bonds. The summed E-state index contributed by atoms with van der Waals surface area (Å²) in [6.45, 7) is 2.67. The molecule has 0 saturated carbocycles. The van der Waals surface area contributed by atoms with Gasteiger partial charge < -0.3 is 14.2 Å². The van der Waals surface area contributed by atoms with Gasteiger partial charge in [-0.25, -0.2) is 4.79 Å². The third kappa shape index (κ3) is 4.86. The van der Waals surface area contributed by atoms with Crippen molar-refractivity contribution >= 4 is 18.1 Å². The lowest BCUT2D eigenvalue weighted by molar-refractivity contribution is -0.384. The minimum Gasteiger partial charge on any atom is -0.454 e. The molecule has 0 unspecified atom stereocenters. The van der Waals surface area contributed by atoms with Crippen LogP contribution in [0.3, 0.4) is 0 Å². The fourth-order valence-corrected chi connectivity index (χ4v) is 0.949. The van der Waals surface area contributed by atoms with E-state index in [-0.39, 0.29) is 17.2 Å². The smallest absolute Gasteiger partial charge is 0.454 e. The molecule has 100 valence electrons. The Labute approximate surface area is 107 Å². The maximum atomic E-state index is 11.1. The number of benzene rings is 1. The second kappa shape index (κ2) is 6.74. The molecule has 0 atom stereocenters. The number of carbonyl (C=O) groups excluding carboxylic acids is 2. The molecule has 0 aliphatic rings. The summed E-state index contributed by atoms with van der Waals surface area (Å²) in [6.07, 6.45) is -0.724. The molecule has 1 aromatic rings. The zero-order chi connectivity index (χ0) is 14.3. The van der Waals surface area contributed by atoms with E-state index in [1.807, 2.05) is 0 Å². The third-order valence-electron chi connectivity index (χ3n) is 1.80. The summed E-state index contributed by atoms with van der Waals surface area (Å²) in [6, 6.07) is 4.83. The number of hydrogen-bond donors (Lipinski definition) is 0. The monoisotopic (exact) mass is 267 g/mol. The summed E-state index contributed by atoms with van der Waals surface area (Å²) in [5.74, 6) is -0.118. The molecule has 19 heavy (non-hydrogen) atoms. The zero-order valence-corrected chi connectivity index (χ0v) is 9.61. The standard InChI is InChI=1S/C11H9NO7/c1-8(6-13)17-7-18-11(14)19-10-4-2-9(3-5-10)12(15)16/h2-6H,1,7H2. The molecule has 8 heteroatoms. The minimum atomic E-state index is -1.08. The average Bonchev–Trinajstić information content (AvgIpc) is 2.39. The maximum Gasteiger partial charge on any atom is 0.516 e. The first-order chi connectivity index (χ1) is 9.02. The number of hydrogen-bond acceptors (Lipinski definition) is 7. The number of non-ortho nitro benzene ring substituents is 1. The van der Waals surface area contributed by atoms with Crippen LogP contribution in [0.2, 0.25) is 0 Å². The third-order valence-corrected chi connectivity index (χ3v) is 1.80. The molecule has 0 aromatic heterocycles. The van der Waals surface area contributed by atoms with E-state index in [1.165, 1.54) is 24.3 Å². The Hall–Kier alpha value is -2.90. The van der Waals surface area contributed by atoms with Gasteiger partial charge in [0.2, 0.25) is 6.79 Å². The van der Waals surface area contributed by atoms with Crippen molar-refractivity contribution in [3.05, 3.63) is 46.7 Å². The highest BCUT2D eigenvalue weighted by molar-refractivity contribution is 5.69. The normalized spacial score (nSPS) is 9.26. The van der Waals surface area contributed by atoms with Crippen molar-refractivity contribution in [2.45, 2.75) is 0 Å². The molecule has 0 heterocycles. The zero-order valence-electron chi connectivity index (χ0n) is 9.61. The van der Waals surface area contributed by atoms with Gasteiger partial charge in [0.05, 0.1) is 4.92 Å². The first-order valence-electron chi connectivity index (χ1n) is 4.89. The number of nitro benzene ring substituents is 1. The number of nitrogens with zero attached hydrogens (tertiary/aromatic N) is 1. The van der Waals surface area contributed by atoms with Crippen LogP contribution in [0.25, 0.3) is 0 Å². The Bertz CT molecular complexity index is 494. The van der Waals surface area contributed by atoms with Crippen molar-refractivity contribution in [1.82, 2.24) is 0 Å². The van der Waals surface area contributed by atoms with E-state index in [1.54, 1.807) is 0 Å². The van der Waals surface area contributed by atoms with E-state index in [0.29, 0.717) is 6.29 Å². The minimum absolute atomic E-state index is 0.0739. The molecule has 0 radical (unpaired) electrons. The van der Waals surface area contributed by atoms with Gasteiger partial charge in [-0.1, -0.05) is 6.58 Å². The van der Waals surface area contributed by atoms with Crippen molar-refractivity contribution in [2.75, 3.05) is 6.79 Å². The van der Waals surface area contributed by atoms with E-state index in [0.717, 1.165) is 0 Å². The van der Waals surface area contributed by atoms with Gasteiger partial charge >= 0.3 is 6.16 Å². The van der Waals surface area contributed by atoms with Crippen molar-refractivity contribution in [1.29, 1.82) is 0 Å². The number of ether oxygens (including phenoxy) is 3. The summed E-state index contributed by atoms with van der Waals surface area (Å²) in [5.41, 5.74) is -0.133. The van der Waals surface area contributed by atoms with Crippen molar-refractivity contribution in [2.24, 2.45) is 0 Å². The van der Waals surface area contributed by atoms with Gasteiger partial charge in [-0.15, -0.1) is 0 Å². The molecule has 1 aromatic carbocycles. The summed E-state index contributed by atoms with van der Waals surface area (Å²) in [4.78, 5) is 31.0. The first-order valence-corrected chi connectivity index (χ1v) is 4.89. The second-order valence-electron chi connectivity index (χ2n) is 3.09. The van der Waals surface area contributed by atoms with Gasteiger partial charge in [0.15, 0.2) is 12.0 Å². The predicted molar refractivity (Wildman–Crippen MR) is 61.4 cm³/mol. The topological polar surface area (TPSA) is 105 Å². The lowest BCUT2D eigenvalue weighted by Gasteiger charge is -2.06. The van der Waals surface area contributed by atoms with Gasteiger partial charge in [0.1, 0.15) is 5.75 Å². The number of allylic oxidation sites excluding steroid dienone is 1. The van der Waals surface area contributed by atoms with Crippen LogP contribution in [-0.2, 0) is 14.3 Å². The predicted octanol–water partition coefficient (Wildman–Crippen LogP) is 1.80. The van der Waals surface area contributed by atoms with Gasteiger partial charge in [-0.2, -0.15) is 0 Å². The van der Waals surface area contributed by atoms with Crippen LogP contribution in [-0.4, -0.2) is 24.2 Å². The lowest BCUT2D eigenvalue weighted by atomic mass is 10.3. The van der Waals surface area contributed by atoms with Crippen molar-refractivity contribution in [3.63, 3.8) is 0 Å². The summed E-state index contributed by atoms with van der Waals surface area (Å²) in [5, 5.41) is 10.4. The lowest BCUT2D eigenvalue weighted by Crippen LogP contribution is -2.13. The van der Waals surface area contributed by atoms with Crippen LogP contribution in [0.15, 0.2) is 36.6 Å². The van der Waals surface area contributed by atoms with Gasteiger partial charge in [0.25, 0.3) is 5.69 Å². The Kier molecular flexibility index (Phi) is 5.03. The molecule has 0 aliphatic carbocycles. The van der Waals surface area contributed by atoms with E-state index >= 15 is 0 Å². The molecule has 0 fully saturated rings. The largest absolute Gasteiger partial charge is 0.516 e. The molecular weight excluding hydrogens is 258 g/mol. The van der Waals surface area contributed by atoms with Crippen LogP contribution in [0.4, 0.5) is 10.5 Å². The number of aldehydes is 1. The highest BCUT2D eigenvalue weighted by Gasteiger charge is 2.09. The van der Waals surface area contributed by atoms with Crippen LogP contribution < -0.4 is 4.74 Å². The Morgan fingerprint density at radius 1 is 1.32 bits per heavy atom.